The smallest absolute Gasteiger partial charge is 0.242 e. The number of hydrogen-bond donors (Lipinski definition) is 0. The molecule has 0 unspecified atom stereocenters. The fourth-order valence-electron chi connectivity index (χ4n) is 9.73. The van der Waals surface area contributed by atoms with Gasteiger partial charge in [-0.25, -0.2) is 0 Å². The molecule has 0 N–H and O–H groups in total. The summed E-state index contributed by atoms with van der Waals surface area (Å²) in [6.07, 6.45) is 14.1. The van der Waals surface area contributed by atoms with E-state index in [4.69, 9.17) is 17.7 Å². The van der Waals surface area contributed by atoms with Gasteiger partial charge in [-0.3, -0.25) is 0 Å². The Hall–Kier alpha value is 0.128. The Morgan fingerprint density at radius 1 is 0.659 bits per heavy atom. The first-order chi connectivity index (χ1) is 18.5. The summed E-state index contributed by atoms with van der Waals surface area (Å²) in [5.41, 5.74) is 0.153. The standard InChI is InChI=1S/C33H66O4Si4/c1-31-20-17-26(35-39(6,7)8)23-25(31)15-16-27-28(31)18-21-32(2)29(27)19-22-33(32,37-41(12,13)14)30(36-40(9,10)11)24-34-38(3,4)5/h24-29H,15-23H2,1-14H3/b30-24-/t25-,26-,27-,28+,29+,31+,32+,33+/m1/s1. The summed E-state index contributed by atoms with van der Waals surface area (Å²) < 4.78 is 27.8. The van der Waals surface area contributed by atoms with E-state index >= 15 is 0 Å². The summed E-state index contributed by atoms with van der Waals surface area (Å²) in [6, 6.07) is 0. The van der Waals surface area contributed by atoms with Crippen molar-refractivity contribution in [3.63, 3.8) is 0 Å². The first-order valence-electron chi connectivity index (χ1n) is 16.9. The van der Waals surface area contributed by atoms with E-state index in [-0.39, 0.29) is 11.0 Å². The molecule has 0 aromatic rings. The lowest BCUT2D eigenvalue weighted by Gasteiger charge is -2.62. The van der Waals surface area contributed by atoms with Gasteiger partial charge in [-0.05, 0) is 165 Å². The first kappa shape index (κ1) is 34.0. The maximum absolute atomic E-state index is 7.49. The van der Waals surface area contributed by atoms with Crippen molar-refractivity contribution in [1.29, 1.82) is 0 Å². The number of fused-ring (bicyclic) bond motifs is 5. The van der Waals surface area contributed by atoms with Gasteiger partial charge in [-0.1, -0.05) is 13.8 Å². The molecule has 0 aromatic carbocycles. The van der Waals surface area contributed by atoms with Crippen LogP contribution in [0.3, 0.4) is 0 Å². The third-order valence-electron chi connectivity index (χ3n) is 11.1. The van der Waals surface area contributed by atoms with E-state index in [1.165, 1.54) is 51.4 Å². The summed E-state index contributed by atoms with van der Waals surface area (Å²) in [5.74, 6) is 4.17. The molecular weight excluding hydrogens is 573 g/mol. The molecule has 41 heavy (non-hydrogen) atoms. The zero-order valence-electron chi connectivity index (χ0n) is 29.5. The topological polar surface area (TPSA) is 36.9 Å². The van der Waals surface area contributed by atoms with Crippen LogP contribution in [0, 0.1) is 34.5 Å². The second-order valence-corrected chi connectivity index (χ2v) is 36.5. The Labute approximate surface area is 258 Å². The molecule has 4 nitrogen and oxygen atoms in total. The fraction of sp³-hybridized carbons (Fsp3) is 0.939. The van der Waals surface area contributed by atoms with Crippen LogP contribution in [0.15, 0.2) is 12.0 Å². The van der Waals surface area contributed by atoms with Crippen LogP contribution in [-0.4, -0.2) is 45.0 Å². The fourth-order valence-corrected chi connectivity index (χ4v) is 13.8. The zero-order chi connectivity index (χ0) is 30.9. The van der Waals surface area contributed by atoms with Crippen LogP contribution in [0.25, 0.3) is 0 Å². The summed E-state index contributed by atoms with van der Waals surface area (Å²) in [4.78, 5) is 0. The van der Waals surface area contributed by atoms with Crippen LogP contribution < -0.4 is 0 Å². The maximum Gasteiger partial charge on any atom is 0.242 e. The van der Waals surface area contributed by atoms with Crippen LogP contribution in [0.1, 0.15) is 71.6 Å². The summed E-state index contributed by atoms with van der Waals surface area (Å²) >= 11 is 0. The monoisotopic (exact) mass is 638 g/mol. The van der Waals surface area contributed by atoms with Gasteiger partial charge in [0, 0.05) is 11.5 Å². The van der Waals surface area contributed by atoms with Crippen molar-refractivity contribution < 1.29 is 17.7 Å². The molecule has 0 aliphatic heterocycles. The Morgan fingerprint density at radius 2 is 1.29 bits per heavy atom. The average molecular weight is 639 g/mol. The van der Waals surface area contributed by atoms with Crippen molar-refractivity contribution in [2.75, 3.05) is 0 Å². The minimum atomic E-state index is -1.91. The lowest BCUT2D eigenvalue weighted by molar-refractivity contribution is -0.149. The van der Waals surface area contributed by atoms with Crippen LogP contribution >= 0.6 is 0 Å². The highest BCUT2D eigenvalue weighted by molar-refractivity contribution is 6.71. The third kappa shape index (κ3) is 7.18. The predicted molar refractivity (Wildman–Crippen MR) is 184 cm³/mol. The normalized spacial score (nSPS) is 40.4. The lowest BCUT2D eigenvalue weighted by Crippen LogP contribution is -2.60. The Bertz CT molecular complexity index is 974. The van der Waals surface area contributed by atoms with E-state index in [9.17, 15) is 0 Å². The molecule has 4 saturated carbocycles. The molecule has 4 aliphatic carbocycles. The minimum absolute atomic E-state index is 0.0735. The van der Waals surface area contributed by atoms with E-state index in [1.54, 1.807) is 0 Å². The second-order valence-electron chi connectivity index (χ2n) is 18.7. The molecule has 0 amide bonds. The number of rotatable bonds is 9. The van der Waals surface area contributed by atoms with Gasteiger partial charge in [-0.15, -0.1) is 0 Å². The first-order valence-corrected chi connectivity index (χ1v) is 30.6. The van der Waals surface area contributed by atoms with Crippen LogP contribution in [0.5, 0.6) is 0 Å². The minimum Gasteiger partial charge on any atom is -0.547 e. The van der Waals surface area contributed by atoms with Crippen molar-refractivity contribution in [1.82, 2.24) is 0 Å². The molecule has 0 spiro atoms. The molecule has 0 radical (unpaired) electrons. The van der Waals surface area contributed by atoms with Crippen molar-refractivity contribution in [3.8, 4) is 0 Å². The van der Waals surface area contributed by atoms with E-state index < -0.39 is 33.3 Å². The van der Waals surface area contributed by atoms with Gasteiger partial charge in [0.2, 0.25) is 16.6 Å². The molecule has 0 heterocycles. The van der Waals surface area contributed by atoms with Crippen molar-refractivity contribution in [2.45, 2.75) is 162 Å². The van der Waals surface area contributed by atoms with Gasteiger partial charge in [0.25, 0.3) is 0 Å². The average Bonchev–Trinajstić information content (AvgIpc) is 3.06. The van der Waals surface area contributed by atoms with Crippen molar-refractivity contribution in [2.24, 2.45) is 34.5 Å². The van der Waals surface area contributed by atoms with Gasteiger partial charge in [0.05, 0.1) is 0 Å². The van der Waals surface area contributed by atoms with E-state index in [0.29, 0.717) is 17.4 Å². The molecule has 8 heteroatoms. The predicted octanol–water partition coefficient (Wildman–Crippen LogP) is 10.4. The van der Waals surface area contributed by atoms with Gasteiger partial charge in [0.1, 0.15) is 17.6 Å². The van der Waals surface area contributed by atoms with Gasteiger partial charge >= 0.3 is 0 Å². The number of hydrogen-bond acceptors (Lipinski definition) is 4. The van der Waals surface area contributed by atoms with E-state index in [1.807, 2.05) is 0 Å². The Kier molecular flexibility index (Phi) is 9.27. The van der Waals surface area contributed by atoms with Gasteiger partial charge in [0.15, 0.2) is 16.6 Å². The Balaban J connectivity index is 1.68. The second kappa shape index (κ2) is 11.2. The molecule has 4 aliphatic rings. The molecule has 4 rings (SSSR count). The molecule has 238 valence electrons. The quantitative estimate of drug-likeness (QED) is 0.186. The van der Waals surface area contributed by atoms with Crippen LogP contribution in [0.2, 0.25) is 78.6 Å². The Morgan fingerprint density at radius 3 is 1.85 bits per heavy atom. The highest BCUT2D eigenvalue weighted by Gasteiger charge is 2.68. The lowest BCUT2D eigenvalue weighted by atomic mass is 9.44. The summed E-state index contributed by atoms with van der Waals surface area (Å²) in [7, 11) is -7.08. The van der Waals surface area contributed by atoms with Crippen molar-refractivity contribution >= 4 is 33.3 Å². The van der Waals surface area contributed by atoms with E-state index in [0.717, 1.165) is 29.9 Å². The summed E-state index contributed by atoms with van der Waals surface area (Å²) in [6.45, 7) is 33.2. The molecule has 0 saturated heterocycles. The van der Waals surface area contributed by atoms with Crippen LogP contribution in [-0.2, 0) is 17.7 Å². The SMILES string of the molecule is C[C@]12CC[C@@H](O[Si](C)(C)C)C[C@H]1CC[C@@H]1[C@@H]2CC[C@@]2(C)[C@H]1CC[C@]2(O[Si](C)(C)C)/C(=C/O[Si](C)(C)C)O[Si](C)(C)C. The van der Waals surface area contributed by atoms with E-state index in [2.05, 4.69) is 98.7 Å². The molecule has 0 aromatic heterocycles. The molecule has 8 atom stereocenters. The molecular formula is C33H66O4Si4. The van der Waals surface area contributed by atoms with Gasteiger partial charge in [-0.2, -0.15) is 0 Å². The van der Waals surface area contributed by atoms with Crippen LogP contribution in [0.4, 0.5) is 0 Å². The van der Waals surface area contributed by atoms with Crippen molar-refractivity contribution in [3.05, 3.63) is 12.0 Å². The molecule has 4 fully saturated rings. The van der Waals surface area contributed by atoms with Gasteiger partial charge < -0.3 is 17.7 Å². The molecule has 0 bridgehead atoms. The highest BCUT2D eigenvalue weighted by atomic mass is 28.4. The maximum atomic E-state index is 7.49. The summed E-state index contributed by atoms with van der Waals surface area (Å²) in [5, 5.41) is 0. The zero-order valence-corrected chi connectivity index (χ0v) is 33.5. The third-order valence-corrected chi connectivity index (χ3v) is 14.7. The highest BCUT2D eigenvalue weighted by Crippen LogP contribution is 2.70. The largest absolute Gasteiger partial charge is 0.547 e.